The minimum atomic E-state index is -3.86. The average Bonchev–Trinajstić information content (AvgIpc) is 3.16. The molecule has 1 amide bonds. The van der Waals surface area contributed by atoms with Gasteiger partial charge in [0, 0.05) is 24.4 Å². The lowest BCUT2D eigenvalue weighted by Gasteiger charge is -2.13. The normalized spacial score (nSPS) is 17.0. The van der Waals surface area contributed by atoms with Crippen molar-refractivity contribution in [1.82, 2.24) is 4.72 Å². The molecule has 0 aromatic heterocycles. The summed E-state index contributed by atoms with van der Waals surface area (Å²) in [6.45, 7) is 2.70. The average molecular weight is 409 g/mol. The second kappa shape index (κ2) is 8.39. The molecule has 1 atom stereocenters. The Morgan fingerprint density at radius 2 is 2.04 bits per heavy atom. The van der Waals surface area contributed by atoms with Crippen molar-refractivity contribution in [2.75, 3.05) is 18.5 Å². The van der Waals surface area contributed by atoms with Crippen LogP contribution in [0.4, 0.5) is 5.69 Å². The molecule has 0 aliphatic carbocycles. The molecule has 2 N–H and O–H groups in total. The number of nitrogens with one attached hydrogen (secondary N) is 2. The molecule has 1 heterocycles. The van der Waals surface area contributed by atoms with E-state index in [1.54, 1.807) is 6.07 Å². The molecule has 0 saturated carbocycles. The Morgan fingerprint density at radius 1 is 1.26 bits per heavy atom. The molecule has 1 aliphatic rings. The zero-order valence-corrected chi connectivity index (χ0v) is 16.4. The predicted molar refractivity (Wildman–Crippen MR) is 105 cm³/mol. The molecule has 27 heavy (non-hydrogen) atoms. The zero-order valence-electron chi connectivity index (χ0n) is 14.9. The van der Waals surface area contributed by atoms with Gasteiger partial charge in [0.2, 0.25) is 10.0 Å². The highest BCUT2D eigenvalue weighted by Gasteiger charge is 2.23. The molecular formula is C19H21ClN2O4S. The van der Waals surface area contributed by atoms with Crippen LogP contribution in [-0.4, -0.2) is 33.6 Å². The van der Waals surface area contributed by atoms with Crippen molar-refractivity contribution in [3.05, 3.63) is 58.6 Å². The molecule has 2 aromatic rings. The van der Waals surface area contributed by atoms with Crippen LogP contribution in [0.1, 0.15) is 28.8 Å². The summed E-state index contributed by atoms with van der Waals surface area (Å²) in [6.07, 6.45) is 1.60. The number of rotatable bonds is 6. The van der Waals surface area contributed by atoms with Crippen LogP contribution in [-0.2, 0) is 14.8 Å². The first-order valence-corrected chi connectivity index (χ1v) is 10.5. The lowest BCUT2D eigenvalue weighted by molar-refractivity contribution is 0.102. The lowest BCUT2D eigenvalue weighted by atomic mass is 10.1. The Balaban J connectivity index is 1.78. The highest BCUT2D eigenvalue weighted by molar-refractivity contribution is 7.89. The summed E-state index contributed by atoms with van der Waals surface area (Å²) in [4.78, 5) is 12.4. The highest BCUT2D eigenvalue weighted by Crippen LogP contribution is 2.24. The molecule has 8 heteroatoms. The van der Waals surface area contributed by atoms with E-state index in [-0.39, 0.29) is 28.1 Å². The van der Waals surface area contributed by atoms with Crippen LogP contribution in [0.3, 0.4) is 0 Å². The fourth-order valence-electron chi connectivity index (χ4n) is 2.84. The molecular weight excluding hydrogens is 388 g/mol. The first kappa shape index (κ1) is 19.8. The smallest absolute Gasteiger partial charge is 0.255 e. The third kappa shape index (κ3) is 4.87. The molecule has 6 nitrogen and oxygen atoms in total. The van der Waals surface area contributed by atoms with Gasteiger partial charge in [-0.15, -0.1) is 0 Å². The maximum Gasteiger partial charge on any atom is 0.255 e. The van der Waals surface area contributed by atoms with Crippen LogP contribution in [0.2, 0.25) is 5.02 Å². The van der Waals surface area contributed by atoms with E-state index >= 15 is 0 Å². The zero-order chi connectivity index (χ0) is 19.4. The Labute approximate surface area is 163 Å². The molecule has 144 valence electrons. The van der Waals surface area contributed by atoms with Gasteiger partial charge in [0.15, 0.2) is 0 Å². The van der Waals surface area contributed by atoms with Crippen LogP contribution in [0.5, 0.6) is 0 Å². The summed E-state index contributed by atoms with van der Waals surface area (Å²) in [5, 5.41) is 2.84. The van der Waals surface area contributed by atoms with Gasteiger partial charge in [-0.3, -0.25) is 4.79 Å². The quantitative estimate of drug-likeness (QED) is 0.767. The highest BCUT2D eigenvalue weighted by atomic mass is 35.5. The SMILES string of the molecule is Cc1ccccc1NC(=O)c1ccc(Cl)c(S(=O)(=O)NCC2CCCO2)c1. The number of halogens is 1. The maximum absolute atomic E-state index is 12.6. The largest absolute Gasteiger partial charge is 0.377 e. The summed E-state index contributed by atoms with van der Waals surface area (Å²) in [6, 6.07) is 11.5. The first-order valence-electron chi connectivity index (χ1n) is 8.64. The summed E-state index contributed by atoms with van der Waals surface area (Å²) in [5.74, 6) is -0.406. The van der Waals surface area contributed by atoms with Crippen molar-refractivity contribution in [3.63, 3.8) is 0 Å². The lowest BCUT2D eigenvalue weighted by Crippen LogP contribution is -2.32. The van der Waals surface area contributed by atoms with Crippen molar-refractivity contribution in [2.24, 2.45) is 0 Å². The minimum Gasteiger partial charge on any atom is -0.377 e. The number of ether oxygens (including phenoxy) is 1. The van der Waals surface area contributed by atoms with Gasteiger partial charge in [0.1, 0.15) is 4.90 Å². The fraction of sp³-hybridized carbons (Fsp3) is 0.316. The second-order valence-electron chi connectivity index (χ2n) is 6.40. The second-order valence-corrected chi connectivity index (χ2v) is 8.54. The maximum atomic E-state index is 12.6. The van der Waals surface area contributed by atoms with Gasteiger partial charge in [-0.2, -0.15) is 0 Å². The number of benzene rings is 2. The van der Waals surface area contributed by atoms with Crippen LogP contribution < -0.4 is 10.0 Å². The number of carbonyl (C=O) groups is 1. The van der Waals surface area contributed by atoms with Crippen LogP contribution in [0, 0.1) is 6.92 Å². The predicted octanol–water partition coefficient (Wildman–Crippen LogP) is 3.36. The van der Waals surface area contributed by atoms with E-state index < -0.39 is 15.9 Å². The van der Waals surface area contributed by atoms with Gasteiger partial charge in [-0.25, -0.2) is 13.1 Å². The number of hydrogen-bond donors (Lipinski definition) is 2. The Morgan fingerprint density at radius 3 is 2.74 bits per heavy atom. The van der Waals surface area contributed by atoms with Crippen LogP contribution in [0.25, 0.3) is 0 Å². The number of aryl methyl sites for hydroxylation is 1. The summed E-state index contributed by atoms with van der Waals surface area (Å²) in [5.41, 5.74) is 1.78. The Kier molecular flexibility index (Phi) is 6.16. The van der Waals surface area contributed by atoms with E-state index in [2.05, 4.69) is 10.0 Å². The van der Waals surface area contributed by atoms with Gasteiger partial charge in [-0.05, 0) is 49.6 Å². The van der Waals surface area contributed by atoms with Crippen molar-refractivity contribution in [3.8, 4) is 0 Å². The molecule has 0 spiro atoms. The molecule has 2 aromatic carbocycles. The Hall–Kier alpha value is -1.93. The first-order chi connectivity index (χ1) is 12.9. The fourth-order valence-corrected chi connectivity index (χ4v) is 4.43. The summed E-state index contributed by atoms with van der Waals surface area (Å²) < 4.78 is 33.2. The molecule has 0 bridgehead atoms. The summed E-state index contributed by atoms with van der Waals surface area (Å²) in [7, 11) is -3.86. The molecule has 1 unspecified atom stereocenters. The van der Waals surface area contributed by atoms with Crippen LogP contribution in [0.15, 0.2) is 47.4 Å². The van der Waals surface area contributed by atoms with E-state index in [0.29, 0.717) is 12.3 Å². The number of sulfonamides is 1. The number of amides is 1. The molecule has 1 aliphatic heterocycles. The van der Waals surface area contributed by atoms with Gasteiger partial charge < -0.3 is 10.1 Å². The van der Waals surface area contributed by atoms with Gasteiger partial charge in [0.05, 0.1) is 11.1 Å². The monoisotopic (exact) mass is 408 g/mol. The van der Waals surface area contributed by atoms with Crippen molar-refractivity contribution < 1.29 is 17.9 Å². The van der Waals surface area contributed by atoms with Crippen molar-refractivity contribution in [1.29, 1.82) is 0 Å². The number of anilines is 1. The Bertz CT molecular complexity index is 940. The van der Waals surface area contributed by atoms with Gasteiger partial charge >= 0.3 is 0 Å². The van der Waals surface area contributed by atoms with E-state index in [0.717, 1.165) is 18.4 Å². The summed E-state index contributed by atoms with van der Waals surface area (Å²) >= 11 is 6.08. The number of carbonyl (C=O) groups excluding carboxylic acids is 1. The third-order valence-electron chi connectivity index (χ3n) is 4.40. The molecule has 1 fully saturated rings. The van der Waals surface area contributed by atoms with Crippen molar-refractivity contribution in [2.45, 2.75) is 30.8 Å². The number of hydrogen-bond acceptors (Lipinski definition) is 4. The van der Waals surface area contributed by atoms with Gasteiger partial charge in [-0.1, -0.05) is 29.8 Å². The molecule has 0 radical (unpaired) electrons. The van der Waals surface area contributed by atoms with E-state index in [1.165, 1.54) is 18.2 Å². The van der Waals surface area contributed by atoms with Crippen molar-refractivity contribution >= 4 is 33.2 Å². The van der Waals surface area contributed by atoms with Gasteiger partial charge in [0.25, 0.3) is 5.91 Å². The number of para-hydroxylation sites is 1. The standard InChI is InChI=1S/C19H21ClN2O4S/c1-13-5-2-3-7-17(13)22-19(23)14-8-9-16(20)18(11-14)27(24,25)21-12-15-6-4-10-26-15/h2-3,5,7-9,11,15,21H,4,6,10,12H2,1H3,(H,22,23). The molecule has 1 saturated heterocycles. The van der Waals surface area contributed by atoms with E-state index in [4.69, 9.17) is 16.3 Å². The van der Waals surface area contributed by atoms with Crippen LogP contribution >= 0.6 is 11.6 Å². The van der Waals surface area contributed by atoms with E-state index in [1.807, 2.05) is 25.1 Å². The molecule has 3 rings (SSSR count). The third-order valence-corrected chi connectivity index (χ3v) is 6.31. The minimum absolute atomic E-state index is 0.0577. The van der Waals surface area contributed by atoms with E-state index in [9.17, 15) is 13.2 Å². The topological polar surface area (TPSA) is 84.5 Å².